The summed E-state index contributed by atoms with van der Waals surface area (Å²) < 4.78 is 12.9. The number of nitrogens with one attached hydrogen (secondary N) is 1. The fraction of sp³-hybridized carbons (Fsp3) is 0.500. The van der Waals surface area contributed by atoms with Crippen LogP contribution >= 0.6 is 11.8 Å². The van der Waals surface area contributed by atoms with Crippen molar-refractivity contribution in [1.29, 1.82) is 0 Å². The highest BCUT2D eigenvalue weighted by molar-refractivity contribution is 7.99. The number of halogens is 1. The minimum absolute atomic E-state index is 0.183. The molecule has 0 radical (unpaired) electrons. The van der Waals surface area contributed by atoms with Gasteiger partial charge in [-0.15, -0.1) is 0 Å². The summed E-state index contributed by atoms with van der Waals surface area (Å²) >= 11 is 1.83. The molecule has 0 amide bonds. The molecule has 0 aromatic carbocycles. The third kappa shape index (κ3) is 3.27. The van der Waals surface area contributed by atoms with Gasteiger partial charge in [0.05, 0.1) is 6.20 Å². The Morgan fingerprint density at radius 1 is 1.57 bits per heavy atom. The first kappa shape index (κ1) is 11.5. The van der Waals surface area contributed by atoms with Gasteiger partial charge < -0.3 is 5.32 Å². The van der Waals surface area contributed by atoms with Crippen LogP contribution in [0.5, 0.6) is 0 Å². The largest absolute Gasteiger partial charge is 0.312 e. The molecule has 1 N–H and O–H groups in total. The lowest BCUT2D eigenvalue weighted by Gasteiger charge is -2.15. The van der Waals surface area contributed by atoms with Gasteiger partial charge in [-0.05, 0) is 24.4 Å². The molecule has 0 spiro atoms. The van der Waals surface area contributed by atoms with Crippen LogP contribution in [-0.4, -0.2) is 23.5 Å². The monoisotopic (exact) mass is 214 g/mol. The molecule has 14 heavy (non-hydrogen) atoms. The Morgan fingerprint density at radius 2 is 2.36 bits per heavy atom. The highest BCUT2D eigenvalue weighted by atomic mass is 32.2. The van der Waals surface area contributed by atoms with Gasteiger partial charge in [0.1, 0.15) is 5.82 Å². The lowest BCUT2D eigenvalue weighted by Crippen LogP contribution is -2.19. The summed E-state index contributed by atoms with van der Waals surface area (Å²) in [6.45, 7) is 2.11. The van der Waals surface area contributed by atoms with Crippen LogP contribution in [0.3, 0.4) is 0 Å². The van der Waals surface area contributed by atoms with Gasteiger partial charge in [0.15, 0.2) is 0 Å². The molecular formula is C10H15FN2S. The predicted octanol–water partition coefficient (Wildman–Crippen LogP) is 2.23. The van der Waals surface area contributed by atoms with Crippen molar-refractivity contribution in [1.82, 2.24) is 10.3 Å². The van der Waals surface area contributed by atoms with E-state index in [2.05, 4.69) is 17.2 Å². The Hall–Kier alpha value is -0.610. The summed E-state index contributed by atoms with van der Waals surface area (Å²) in [5, 5.41) is 3.15. The van der Waals surface area contributed by atoms with E-state index in [4.69, 9.17) is 0 Å². The van der Waals surface area contributed by atoms with Crippen LogP contribution in [-0.2, 0) is 0 Å². The van der Waals surface area contributed by atoms with Crippen LogP contribution < -0.4 is 5.32 Å². The van der Waals surface area contributed by atoms with Crippen LogP contribution in [0.2, 0.25) is 0 Å². The van der Waals surface area contributed by atoms with Crippen LogP contribution in [0.25, 0.3) is 0 Å². The molecule has 0 saturated heterocycles. The summed E-state index contributed by atoms with van der Waals surface area (Å²) in [7, 11) is 1.88. The number of rotatable bonds is 5. The molecule has 0 saturated carbocycles. The molecule has 0 aliphatic rings. The van der Waals surface area contributed by atoms with Crippen LogP contribution in [0.1, 0.15) is 18.5 Å². The van der Waals surface area contributed by atoms with Crippen molar-refractivity contribution in [2.75, 3.05) is 18.6 Å². The van der Waals surface area contributed by atoms with E-state index in [1.807, 2.05) is 18.8 Å². The number of nitrogens with zero attached hydrogens (tertiary/aromatic N) is 1. The van der Waals surface area contributed by atoms with Gasteiger partial charge in [0.25, 0.3) is 0 Å². The first-order valence-electron chi connectivity index (χ1n) is 4.63. The van der Waals surface area contributed by atoms with Crippen molar-refractivity contribution >= 4 is 11.8 Å². The van der Waals surface area contributed by atoms with Crippen molar-refractivity contribution in [3.05, 3.63) is 29.8 Å². The maximum Gasteiger partial charge on any atom is 0.141 e. The first-order chi connectivity index (χ1) is 6.77. The van der Waals surface area contributed by atoms with Crippen molar-refractivity contribution in [2.24, 2.45) is 0 Å². The maximum atomic E-state index is 12.9. The number of aromatic nitrogens is 1. The van der Waals surface area contributed by atoms with E-state index in [0.717, 1.165) is 17.1 Å². The van der Waals surface area contributed by atoms with Crippen LogP contribution in [0.4, 0.5) is 4.39 Å². The van der Waals surface area contributed by atoms with E-state index in [0.29, 0.717) is 0 Å². The third-order valence-electron chi connectivity index (χ3n) is 1.97. The quantitative estimate of drug-likeness (QED) is 0.813. The van der Waals surface area contributed by atoms with E-state index < -0.39 is 0 Å². The predicted molar refractivity (Wildman–Crippen MR) is 59.0 cm³/mol. The minimum atomic E-state index is -0.274. The second-order valence-corrected chi connectivity index (χ2v) is 4.26. The molecule has 1 heterocycles. The van der Waals surface area contributed by atoms with Gasteiger partial charge in [-0.3, -0.25) is 4.98 Å². The van der Waals surface area contributed by atoms with Crippen molar-refractivity contribution in [3.8, 4) is 0 Å². The molecule has 1 unspecified atom stereocenters. The summed E-state index contributed by atoms with van der Waals surface area (Å²) in [6, 6.07) is 1.72. The third-order valence-corrected chi connectivity index (χ3v) is 2.94. The lowest BCUT2D eigenvalue weighted by molar-refractivity contribution is 0.603. The van der Waals surface area contributed by atoms with E-state index in [9.17, 15) is 4.39 Å². The molecule has 1 atom stereocenters. The molecular weight excluding hydrogens is 199 g/mol. The Bertz CT molecular complexity index is 281. The van der Waals surface area contributed by atoms with Gasteiger partial charge in [-0.2, -0.15) is 11.8 Å². The molecule has 4 heteroatoms. The number of thioether (sulfide) groups is 1. The molecule has 0 fully saturated rings. The molecule has 0 aliphatic heterocycles. The molecule has 0 bridgehead atoms. The molecule has 1 aromatic rings. The van der Waals surface area contributed by atoms with Gasteiger partial charge in [-0.1, -0.05) is 6.92 Å². The van der Waals surface area contributed by atoms with Gasteiger partial charge in [0, 0.05) is 18.0 Å². The van der Waals surface area contributed by atoms with Crippen molar-refractivity contribution in [2.45, 2.75) is 13.0 Å². The number of hydrogen-bond donors (Lipinski definition) is 1. The lowest BCUT2D eigenvalue weighted by atomic mass is 10.1. The fourth-order valence-corrected chi connectivity index (χ4v) is 2.03. The van der Waals surface area contributed by atoms with Gasteiger partial charge >= 0.3 is 0 Å². The van der Waals surface area contributed by atoms with Crippen LogP contribution in [0, 0.1) is 5.82 Å². The summed E-state index contributed by atoms with van der Waals surface area (Å²) in [4.78, 5) is 3.84. The zero-order valence-corrected chi connectivity index (χ0v) is 9.27. The van der Waals surface area contributed by atoms with Crippen LogP contribution in [0.15, 0.2) is 18.5 Å². The Kier molecular flexibility index (Phi) is 4.90. The maximum absolute atomic E-state index is 12.9. The SMILES string of the molecule is CCSCC(NC)c1cncc(F)c1. The van der Waals surface area contributed by atoms with E-state index in [1.165, 1.54) is 12.3 Å². The molecule has 1 aromatic heterocycles. The van der Waals surface area contributed by atoms with E-state index in [-0.39, 0.29) is 11.9 Å². The zero-order valence-electron chi connectivity index (χ0n) is 8.46. The average molecular weight is 214 g/mol. The molecule has 78 valence electrons. The smallest absolute Gasteiger partial charge is 0.141 e. The van der Waals surface area contributed by atoms with E-state index in [1.54, 1.807) is 6.20 Å². The second kappa shape index (κ2) is 5.98. The summed E-state index contributed by atoms with van der Waals surface area (Å²) in [6.07, 6.45) is 2.93. The fourth-order valence-electron chi connectivity index (χ4n) is 1.20. The standard InChI is InChI=1S/C10H15FN2S/c1-3-14-7-10(12-2)8-4-9(11)6-13-5-8/h4-6,10,12H,3,7H2,1-2H3. The van der Waals surface area contributed by atoms with Gasteiger partial charge in [-0.25, -0.2) is 4.39 Å². The summed E-state index contributed by atoms with van der Waals surface area (Å²) in [5.74, 6) is 1.74. The normalized spacial score (nSPS) is 12.8. The van der Waals surface area contributed by atoms with Crippen molar-refractivity contribution < 1.29 is 4.39 Å². The first-order valence-corrected chi connectivity index (χ1v) is 5.78. The van der Waals surface area contributed by atoms with Crippen molar-refractivity contribution in [3.63, 3.8) is 0 Å². The van der Waals surface area contributed by atoms with Gasteiger partial charge in [0.2, 0.25) is 0 Å². The highest BCUT2D eigenvalue weighted by Crippen LogP contribution is 2.17. The molecule has 1 rings (SSSR count). The number of hydrogen-bond acceptors (Lipinski definition) is 3. The Balaban J connectivity index is 2.68. The molecule has 0 aliphatic carbocycles. The summed E-state index contributed by atoms with van der Waals surface area (Å²) in [5.41, 5.74) is 0.911. The highest BCUT2D eigenvalue weighted by Gasteiger charge is 2.09. The zero-order chi connectivity index (χ0) is 10.4. The second-order valence-electron chi connectivity index (χ2n) is 2.94. The Labute approximate surface area is 88.3 Å². The molecule has 2 nitrogen and oxygen atoms in total. The average Bonchev–Trinajstić information content (AvgIpc) is 2.19. The van der Waals surface area contributed by atoms with E-state index >= 15 is 0 Å². The topological polar surface area (TPSA) is 24.9 Å². The number of pyridine rings is 1. The Morgan fingerprint density at radius 3 is 2.93 bits per heavy atom. The minimum Gasteiger partial charge on any atom is -0.312 e.